The number of unbranched alkanes of at least 4 members (excludes halogenated alkanes) is 2. The minimum Gasteiger partial charge on any atom is -0.447 e. The second-order valence-electron chi connectivity index (χ2n) is 6.93. The Labute approximate surface area is 168 Å². The van der Waals surface area contributed by atoms with Crippen molar-refractivity contribution in [2.24, 2.45) is 0 Å². The molecular weight excluding hydrogens is 361 g/mol. The molecule has 28 heavy (non-hydrogen) atoms. The van der Waals surface area contributed by atoms with Crippen molar-refractivity contribution in [2.75, 3.05) is 19.0 Å². The van der Waals surface area contributed by atoms with E-state index in [1.165, 1.54) is 11.0 Å². The van der Waals surface area contributed by atoms with E-state index in [0.717, 1.165) is 37.7 Å². The number of carbonyl (C=O) groups is 1. The van der Waals surface area contributed by atoms with Crippen LogP contribution in [0, 0.1) is 11.2 Å². The van der Waals surface area contributed by atoms with Crippen molar-refractivity contribution in [2.45, 2.75) is 72.3 Å². The highest BCUT2D eigenvalue weighted by Gasteiger charge is 2.13. The van der Waals surface area contributed by atoms with E-state index < -0.39 is 11.9 Å². The lowest BCUT2D eigenvalue weighted by atomic mass is 10.0. The molecule has 0 unspecified atom stereocenters. The summed E-state index contributed by atoms with van der Waals surface area (Å²) in [6.07, 6.45) is 4.72. The average molecular weight is 398 g/mol. The summed E-state index contributed by atoms with van der Waals surface area (Å²) < 4.78 is 18.0. The fourth-order valence-corrected chi connectivity index (χ4v) is 2.25. The molecule has 0 bridgehead atoms. The predicted octanol–water partition coefficient (Wildman–Crippen LogP) is 4.74. The van der Waals surface area contributed by atoms with Crippen LogP contribution in [0.1, 0.15) is 65.4 Å². The standard InChI is InChI=1S/C12H17FN2.C9H19NO3/c1-2-3-4-10(14)7-9-5-6-12(15)11(13)8-9;1-4-5-6-10(7-11)9(12)13-8(2)3/h5-6,8,14H,2-4,7,15H2,1H3;8,11H,4-7H2,1-3H3. The van der Waals surface area contributed by atoms with Crippen LogP contribution in [0.5, 0.6) is 0 Å². The van der Waals surface area contributed by atoms with Crippen LogP contribution >= 0.6 is 0 Å². The molecule has 1 rings (SSSR count). The molecule has 0 spiro atoms. The zero-order chi connectivity index (χ0) is 21.5. The topological polar surface area (TPSA) is 99.6 Å². The number of carbonyl (C=O) groups excluding carboxylic acids is 1. The van der Waals surface area contributed by atoms with Gasteiger partial charge in [0.05, 0.1) is 11.8 Å². The Hall–Kier alpha value is -2.15. The Morgan fingerprint density at radius 2 is 1.93 bits per heavy atom. The number of amides is 1. The van der Waals surface area contributed by atoms with Crippen LogP contribution in [0.4, 0.5) is 14.9 Å². The molecule has 4 N–H and O–H groups in total. The number of aliphatic hydroxyl groups is 1. The predicted molar refractivity (Wildman–Crippen MR) is 112 cm³/mol. The number of aliphatic hydroxyl groups excluding tert-OH is 1. The maximum absolute atomic E-state index is 13.1. The minimum atomic E-state index is -0.439. The molecule has 1 aromatic carbocycles. The van der Waals surface area contributed by atoms with Crippen LogP contribution in [-0.4, -0.2) is 41.2 Å². The van der Waals surface area contributed by atoms with Gasteiger partial charge >= 0.3 is 6.09 Å². The molecule has 0 heterocycles. The molecule has 7 heteroatoms. The summed E-state index contributed by atoms with van der Waals surface area (Å²) in [6.45, 7) is 7.98. The van der Waals surface area contributed by atoms with E-state index in [1.807, 2.05) is 6.92 Å². The summed E-state index contributed by atoms with van der Waals surface area (Å²) >= 11 is 0. The van der Waals surface area contributed by atoms with Gasteiger partial charge in [-0.25, -0.2) is 9.18 Å². The largest absolute Gasteiger partial charge is 0.447 e. The molecule has 0 saturated heterocycles. The summed E-state index contributed by atoms with van der Waals surface area (Å²) in [5.74, 6) is -0.393. The molecule has 0 saturated carbocycles. The average Bonchev–Trinajstić information content (AvgIpc) is 2.63. The van der Waals surface area contributed by atoms with E-state index in [-0.39, 0.29) is 18.5 Å². The van der Waals surface area contributed by atoms with E-state index >= 15 is 0 Å². The molecular formula is C21H36FN3O3. The number of rotatable bonds is 10. The van der Waals surface area contributed by atoms with Crippen LogP contribution in [0.3, 0.4) is 0 Å². The van der Waals surface area contributed by atoms with Gasteiger partial charge in [0.1, 0.15) is 12.5 Å². The Balaban J connectivity index is 0.000000528. The highest BCUT2D eigenvalue weighted by Crippen LogP contribution is 2.13. The van der Waals surface area contributed by atoms with Gasteiger partial charge in [-0.15, -0.1) is 0 Å². The van der Waals surface area contributed by atoms with E-state index in [0.29, 0.717) is 18.7 Å². The van der Waals surface area contributed by atoms with Gasteiger partial charge in [0, 0.05) is 18.7 Å². The van der Waals surface area contributed by atoms with Crippen molar-refractivity contribution in [1.82, 2.24) is 4.90 Å². The zero-order valence-electron chi connectivity index (χ0n) is 17.6. The van der Waals surface area contributed by atoms with E-state index in [9.17, 15) is 9.18 Å². The summed E-state index contributed by atoms with van der Waals surface area (Å²) in [4.78, 5) is 12.5. The molecule has 160 valence electrons. The fraction of sp³-hybridized carbons (Fsp3) is 0.619. The van der Waals surface area contributed by atoms with Gasteiger partial charge in [0.2, 0.25) is 0 Å². The zero-order valence-corrected chi connectivity index (χ0v) is 17.6. The number of nitrogens with zero attached hydrogens (tertiary/aromatic N) is 1. The first kappa shape index (κ1) is 25.9. The molecule has 0 radical (unpaired) electrons. The van der Waals surface area contributed by atoms with Crippen molar-refractivity contribution in [3.8, 4) is 0 Å². The molecule has 1 aromatic rings. The Morgan fingerprint density at radius 3 is 2.43 bits per heavy atom. The van der Waals surface area contributed by atoms with Crippen LogP contribution in [0.25, 0.3) is 0 Å². The number of benzene rings is 1. The normalized spacial score (nSPS) is 10.2. The third kappa shape index (κ3) is 11.5. The van der Waals surface area contributed by atoms with Gasteiger partial charge in [0.15, 0.2) is 0 Å². The molecule has 1 amide bonds. The van der Waals surface area contributed by atoms with Gasteiger partial charge in [-0.1, -0.05) is 32.8 Å². The maximum Gasteiger partial charge on any atom is 0.411 e. The summed E-state index contributed by atoms with van der Waals surface area (Å²) in [5.41, 5.74) is 7.01. The molecule has 0 aliphatic heterocycles. The number of anilines is 1. The van der Waals surface area contributed by atoms with Crippen LogP contribution < -0.4 is 5.73 Å². The number of ether oxygens (including phenoxy) is 1. The second-order valence-corrected chi connectivity index (χ2v) is 6.93. The number of halogens is 1. The van der Waals surface area contributed by atoms with Gasteiger partial charge in [-0.3, -0.25) is 4.90 Å². The minimum absolute atomic E-state index is 0.136. The smallest absolute Gasteiger partial charge is 0.411 e. The van der Waals surface area contributed by atoms with Gasteiger partial charge in [-0.2, -0.15) is 0 Å². The Morgan fingerprint density at radius 1 is 1.29 bits per heavy atom. The van der Waals surface area contributed by atoms with Crippen molar-refractivity contribution >= 4 is 17.5 Å². The van der Waals surface area contributed by atoms with Crippen LogP contribution in [-0.2, 0) is 11.2 Å². The van der Waals surface area contributed by atoms with Gasteiger partial charge < -0.3 is 21.0 Å². The maximum atomic E-state index is 13.1. The number of hydrogen-bond donors (Lipinski definition) is 3. The lowest BCUT2D eigenvalue weighted by molar-refractivity contribution is 0.0444. The highest BCUT2D eigenvalue weighted by atomic mass is 19.1. The lowest BCUT2D eigenvalue weighted by Gasteiger charge is -2.20. The SMILES string of the molecule is CCCCC(=N)Cc1ccc(N)c(F)c1.CCCCN(CO)C(=O)OC(C)C. The molecule has 0 aliphatic rings. The quantitative estimate of drug-likeness (QED) is 0.301. The Kier molecular flexibility index (Phi) is 13.7. The Bertz CT molecular complexity index is 594. The van der Waals surface area contributed by atoms with Crippen molar-refractivity contribution in [1.29, 1.82) is 5.41 Å². The van der Waals surface area contributed by atoms with E-state index in [1.54, 1.807) is 26.0 Å². The monoisotopic (exact) mass is 397 g/mol. The first-order valence-corrected chi connectivity index (χ1v) is 9.91. The lowest BCUT2D eigenvalue weighted by Crippen LogP contribution is -2.34. The van der Waals surface area contributed by atoms with E-state index in [4.69, 9.17) is 21.0 Å². The van der Waals surface area contributed by atoms with Crippen LogP contribution in [0.15, 0.2) is 18.2 Å². The van der Waals surface area contributed by atoms with Crippen molar-refractivity contribution < 1.29 is 19.0 Å². The molecule has 0 atom stereocenters. The summed E-state index contributed by atoms with van der Waals surface area (Å²) in [5, 5.41) is 16.6. The van der Waals surface area contributed by atoms with Crippen molar-refractivity contribution in [3.63, 3.8) is 0 Å². The number of hydrogen-bond acceptors (Lipinski definition) is 5. The second kappa shape index (κ2) is 14.9. The third-order valence-electron chi connectivity index (χ3n) is 3.86. The number of nitrogens with two attached hydrogens (primary N) is 1. The molecule has 0 aromatic heterocycles. The third-order valence-corrected chi connectivity index (χ3v) is 3.86. The van der Waals surface area contributed by atoms with Crippen LogP contribution in [0.2, 0.25) is 0 Å². The van der Waals surface area contributed by atoms with Gasteiger partial charge in [0.25, 0.3) is 0 Å². The van der Waals surface area contributed by atoms with Crippen molar-refractivity contribution in [3.05, 3.63) is 29.6 Å². The highest BCUT2D eigenvalue weighted by molar-refractivity contribution is 5.83. The first-order valence-electron chi connectivity index (χ1n) is 9.91. The number of nitrogens with one attached hydrogen (secondary N) is 1. The molecule has 0 aliphatic carbocycles. The van der Waals surface area contributed by atoms with Gasteiger partial charge in [-0.05, 0) is 50.8 Å². The fourth-order valence-electron chi connectivity index (χ4n) is 2.25. The summed E-state index contributed by atoms with van der Waals surface area (Å²) in [7, 11) is 0. The molecule has 6 nitrogen and oxygen atoms in total. The van der Waals surface area contributed by atoms with E-state index in [2.05, 4.69) is 6.92 Å². The molecule has 0 fully saturated rings. The summed E-state index contributed by atoms with van der Waals surface area (Å²) in [6, 6.07) is 4.74. The first-order chi connectivity index (χ1) is 13.2. The number of nitrogen functional groups attached to an aromatic ring is 1.